The lowest BCUT2D eigenvalue weighted by atomic mass is 9.87. The molecule has 2 aromatic rings. The molecule has 0 aliphatic rings. The van der Waals surface area contributed by atoms with E-state index in [1.165, 1.54) is 11.1 Å². The second-order valence-corrected chi connectivity index (χ2v) is 11.5. The van der Waals surface area contributed by atoms with E-state index < -0.39 is 0 Å². The Hall–Kier alpha value is -2.62. The lowest BCUT2D eigenvalue weighted by Crippen LogP contribution is -2.31. The van der Waals surface area contributed by atoms with Gasteiger partial charge >= 0.3 is 11.9 Å². The van der Waals surface area contributed by atoms with Crippen LogP contribution in [0.4, 0.5) is 0 Å². The fourth-order valence-corrected chi connectivity index (χ4v) is 4.04. The Balaban J connectivity index is 2.06. The van der Waals surface area contributed by atoms with Gasteiger partial charge in [-0.2, -0.15) is 0 Å². The minimum atomic E-state index is -0.342. The molecule has 0 aliphatic heterocycles. The van der Waals surface area contributed by atoms with Crippen LogP contribution in [0.15, 0.2) is 48.5 Å². The van der Waals surface area contributed by atoms with Crippen LogP contribution in [0, 0.1) is 5.92 Å². The van der Waals surface area contributed by atoms with Gasteiger partial charge in [0.25, 0.3) is 0 Å². The van der Waals surface area contributed by atoms with Crippen molar-refractivity contribution in [2.24, 2.45) is 5.92 Å². The van der Waals surface area contributed by atoms with Crippen LogP contribution in [-0.2, 0) is 20.3 Å². The summed E-state index contributed by atoms with van der Waals surface area (Å²) in [6, 6.07) is 15.2. The fraction of sp³-hybridized carbons (Fsp3) is 0.548. The summed E-state index contributed by atoms with van der Waals surface area (Å²) < 4.78 is 11.6. The highest BCUT2D eigenvalue weighted by atomic mass is 16.6. The van der Waals surface area contributed by atoms with Crippen molar-refractivity contribution in [3.63, 3.8) is 0 Å². The van der Waals surface area contributed by atoms with Crippen LogP contribution in [0.1, 0.15) is 113 Å². The second kappa shape index (κ2) is 12.4. The van der Waals surface area contributed by atoms with Crippen LogP contribution in [0.3, 0.4) is 0 Å². The van der Waals surface area contributed by atoms with Crippen LogP contribution >= 0.6 is 0 Å². The molecule has 0 fully saturated rings. The Morgan fingerprint density at radius 2 is 1.20 bits per heavy atom. The van der Waals surface area contributed by atoms with E-state index in [1.54, 1.807) is 0 Å². The zero-order valence-electron chi connectivity index (χ0n) is 22.9. The van der Waals surface area contributed by atoms with Gasteiger partial charge in [-0.15, -0.1) is 0 Å². The highest BCUT2D eigenvalue weighted by Crippen LogP contribution is 2.25. The number of rotatable bonds is 10. The van der Waals surface area contributed by atoms with Gasteiger partial charge in [-0.3, -0.25) is 0 Å². The van der Waals surface area contributed by atoms with Crippen LogP contribution < -0.4 is 0 Å². The summed E-state index contributed by atoms with van der Waals surface area (Å²) in [5.74, 6) is -0.718. The van der Waals surface area contributed by atoms with Crippen molar-refractivity contribution in [3.8, 4) is 0 Å². The molecule has 0 amide bonds. The largest absolute Gasteiger partial charge is 0.462 e. The molecule has 0 aromatic heterocycles. The topological polar surface area (TPSA) is 52.6 Å². The number of esters is 2. The van der Waals surface area contributed by atoms with Crippen molar-refractivity contribution in [3.05, 3.63) is 70.8 Å². The maximum atomic E-state index is 12.9. The Morgan fingerprint density at radius 3 is 1.60 bits per heavy atom. The highest BCUT2D eigenvalue weighted by molar-refractivity contribution is 5.90. The first kappa shape index (κ1) is 28.6. The number of carbonyl (C=O) groups excluding carboxylic acids is 2. The molecule has 4 heteroatoms. The van der Waals surface area contributed by atoms with Crippen molar-refractivity contribution >= 4 is 11.9 Å². The molecule has 4 nitrogen and oxygen atoms in total. The van der Waals surface area contributed by atoms with Crippen molar-refractivity contribution in [2.45, 2.75) is 98.0 Å². The van der Waals surface area contributed by atoms with Crippen molar-refractivity contribution in [2.75, 3.05) is 6.61 Å². The standard InChI is InChI=1S/C31H44O4/c1-9-11-12-24(21-34-28(32)22-13-17-25(18-14-22)30(3,4)5)27(10-2)35-29(33)23-15-19-26(20-16-23)31(6,7)8/h13-20,24,27H,9-12,21H2,1-8H3. The van der Waals surface area contributed by atoms with Gasteiger partial charge in [-0.1, -0.05) is 92.5 Å². The van der Waals surface area contributed by atoms with E-state index in [1.807, 2.05) is 55.5 Å². The highest BCUT2D eigenvalue weighted by Gasteiger charge is 2.26. The SMILES string of the molecule is CCCCC(COC(=O)c1ccc(C(C)(C)C)cc1)C(CC)OC(=O)c1ccc(C(C)(C)C)cc1. The minimum absolute atomic E-state index is 0.0244. The lowest BCUT2D eigenvalue weighted by Gasteiger charge is -2.26. The first-order chi connectivity index (χ1) is 16.4. The van der Waals surface area contributed by atoms with Gasteiger partial charge in [0.1, 0.15) is 6.10 Å². The molecular weight excluding hydrogens is 436 g/mol. The molecule has 192 valence electrons. The first-order valence-corrected chi connectivity index (χ1v) is 13.0. The normalized spacial score (nSPS) is 13.7. The molecule has 0 saturated carbocycles. The fourth-order valence-electron chi connectivity index (χ4n) is 4.04. The molecule has 0 aliphatic carbocycles. The zero-order valence-corrected chi connectivity index (χ0v) is 22.9. The first-order valence-electron chi connectivity index (χ1n) is 13.0. The lowest BCUT2D eigenvalue weighted by molar-refractivity contribution is -0.00765. The summed E-state index contributed by atoms with van der Waals surface area (Å²) in [6.07, 6.45) is 3.20. The van der Waals surface area contributed by atoms with Crippen molar-refractivity contribution in [1.29, 1.82) is 0 Å². The molecule has 2 atom stereocenters. The average Bonchev–Trinajstić information content (AvgIpc) is 2.81. The number of hydrogen-bond donors (Lipinski definition) is 0. The summed E-state index contributed by atoms with van der Waals surface area (Å²) >= 11 is 0. The van der Waals surface area contributed by atoms with Crippen LogP contribution in [-0.4, -0.2) is 24.6 Å². The number of ether oxygens (including phenoxy) is 2. The van der Waals surface area contributed by atoms with E-state index in [4.69, 9.17) is 9.47 Å². The monoisotopic (exact) mass is 480 g/mol. The third kappa shape index (κ3) is 8.52. The Kier molecular flexibility index (Phi) is 10.1. The molecule has 0 saturated heterocycles. The predicted molar refractivity (Wildman–Crippen MR) is 143 cm³/mol. The summed E-state index contributed by atoms with van der Waals surface area (Å²) in [4.78, 5) is 25.6. The van der Waals surface area contributed by atoms with Gasteiger partial charge in [0.15, 0.2) is 0 Å². The van der Waals surface area contributed by atoms with E-state index in [0.717, 1.165) is 19.3 Å². The van der Waals surface area contributed by atoms with E-state index >= 15 is 0 Å². The number of benzene rings is 2. The summed E-state index contributed by atoms with van der Waals surface area (Å²) in [7, 11) is 0. The molecule has 0 heterocycles. The summed E-state index contributed by atoms with van der Waals surface area (Å²) in [5, 5.41) is 0. The third-order valence-corrected chi connectivity index (χ3v) is 6.52. The Morgan fingerprint density at radius 1 is 0.743 bits per heavy atom. The van der Waals surface area contributed by atoms with Gasteiger partial charge in [-0.05, 0) is 59.1 Å². The number of carbonyl (C=O) groups is 2. The maximum absolute atomic E-state index is 12.9. The predicted octanol–water partition coefficient (Wildman–Crippen LogP) is 7.88. The average molecular weight is 481 g/mol. The summed E-state index contributed by atoms with van der Waals surface area (Å²) in [6.45, 7) is 17.2. The van der Waals surface area contributed by atoms with Crippen molar-refractivity contribution < 1.29 is 19.1 Å². The molecular formula is C31H44O4. The van der Waals surface area contributed by atoms with E-state index in [0.29, 0.717) is 17.5 Å². The van der Waals surface area contributed by atoms with Crippen LogP contribution in [0.2, 0.25) is 0 Å². The Labute approximate surface area is 212 Å². The maximum Gasteiger partial charge on any atom is 0.338 e. The van der Waals surface area contributed by atoms with E-state index in [2.05, 4.69) is 48.5 Å². The second-order valence-electron chi connectivity index (χ2n) is 11.5. The van der Waals surface area contributed by atoms with Crippen LogP contribution in [0.5, 0.6) is 0 Å². The zero-order chi connectivity index (χ0) is 26.2. The van der Waals surface area contributed by atoms with Gasteiger partial charge < -0.3 is 9.47 Å². The van der Waals surface area contributed by atoms with E-state index in [9.17, 15) is 9.59 Å². The van der Waals surface area contributed by atoms with E-state index in [-0.39, 0.29) is 41.4 Å². The third-order valence-electron chi connectivity index (χ3n) is 6.52. The van der Waals surface area contributed by atoms with Gasteiger partial charge in [0.2, 0.25) is 0 Å². The number of unbranched alkanes of at least 4 members (excludes halogenated alkanes) is 1. The molecule has 0 radical (unpaired) electrons. The molecule has 0 N–H and O–H groups in total. The summed E-state index contributed by atoms with van der Waals surface area (Å²) in [5.41, 5.74) is 3.47. The van der Waals surface area contributed by atoms with Gasteiger partial charge in [0, 0.05) is 5.92 Å². The van der Waals surface area contributed by atoms with Gasteiger partial charge in [-0.25, -0.2) is 9.59 Å². The quantitative estimate of drug-likeness (QED) is 0.325. The number of hydrogen-bond acceptors (Lipinski definition) is 4. The van der Waals surface area contributed by atoms with Crippen LogP contribution in [0.25, 0.3) is 0 Å². The molecule has 2 rings (SSSR count). The molecule has 2 unspecified atom stereocenters. The molecule has 0 spiro atoms. The molecule has 0 bridgehead atoms. The Bertz CT molecular complexity index is 943. The van der Waals surface area contributed by atoms with Gasteiger partial charge in [0.05, 0.1) is 17.7 Å². The van der Waals surface area contributed by atoms with Crippen molar-refractivity contribution in [1.82, 2.24) is 0 Å². The molecule has 35 heavy (non-hydrogen) atoms. The molecule has 2 aromatic carbocycles. The minimum Gasteiger partial charge on any atom is -0.462 e. The smallest absolute Gasteiger partial charge is 0.338 e.